The summed E-state index contributed by atoms with van der Waals surface area (Å²) >= 11 is 0. The van der Waals surface area contributed by atoms with Crippen molar-refractivity contribution in [3.8, 4) is 11.5 Å². The molecular formula is C13H16O7. The Hall–Kier alpha value is -2.12. The van der Waals surface area contributed by atoms with Crippen molar-refractivity contribution in [2.24, 2.45) is 0 Å². The molecule has 1 aromatic carbocycles. The molecule has 0 aliphatic carbocycles. The lowest BCUT2D eigenvalue weighted by atomic mass is 10.1. The fraction of sp³-hybridized carbons (Fsp3) is 0.385. The number of ketones is 1. The van der Waals surface area contributed by atoms with E-state index in [0.29, 0.717) is 0 Å². The Morgan fingerprint density at radius 2 is 1.85 bits per heavy atom. The van der Waals surface area contributed by atoms with Crippen molar-refractivity contribution in [1.29, 1.82) is 0 Å². The number of ether oxygens (including phenoxy) is 1. The molecule has 0 aromatic heterocycles. The van der Waals surface area contributed by atoms with Gasteiger partial charge in [-0.2, -0.15) is 0 Å². The molecule has 1 rings (SSSR count). The second-order valence-electron chi connectivity index (χ2n) is 4.38. The SMILES string of the molecule is Cc1cc(O)cc(O)c1C(=O)OCC(=O)[C@H](O)[C@H](C)O. The molecule has 0 fully saturated rings. The predicted molar refractivity (Wildman–Crippen MR) is 67.5 cm³/mol. The van der Waals surface area contributed by atoms with Crippen molar-refractivity contribution in [2.75, 3.05) is 6.61 Å². The quantitative estimate of drug-likeness (QED) is 0.555. The Morgan fingerprint density at radius 3 is 2.35 bits per heavy atom. The summed E-state index contributed by atoms with van der Waals surface area (Å²) in [5.41, 5.74) is 0.0955. The van der Waals surface area contributed by atoms with Crippen LogP contribution in [0.3, 0.4) is 0 Å². The maximum atomic E-state index is 11.7. The topological polar surface area (TPSA) is 124 Å². The molecular weight excluding hydrogens is 268 g/mol. The van der Waals surface area contributed by atoms with Crippen LogP contribution in [0, 0.1) is 6.92 Å². The Kier molecular flexibility index (Phi) is 5.06. The summed E-state index contributed by atoms with van der Waals surface area (Å²) in [4.78, 5) is 23.1. The lowest BCUT2D eigenvalue weighted by Crippen LogP contribution is -2.35. The van der Waals surface area contributed by atoms with Crippen LogP contribution in [0.1, 0.15) is 22.8 Å². The zero-order valence-electron chi connectivity index (χ0n) is 11.0. The lowest BCUT2D eigenvalue weighted by Gasteiger charge is -2.13. The third kappa shape index (κ3) is 3.69. The highest BCUT2D eigenvalue weighted by Gasteiger charge is 2.23. The fourth-order valence-electron chi connectivity index (χ4n) is 1.58. The van der Waals surface area contributed by atoms with Crippen LogP contribution in [0.25, 0.3) is 0 Å². The number of carbonyl (C=O) groups is 2. The minimum absolute atomic E-state index is 0.179. The van der Waals surface area contributed by atoms with Gasteiger partial charge in [0.05, 0.1) is 6.10 Å². The fourth-order valence-corrected chi connectivity index (χ4v) is 1.58. The molecule has 1 aromatic rings. The largest absolute Gasteiger partial charge is 0.508 e. The first-order chi connectivity index (χ1) is 9.23. The lowest BCUT2D eigenvalue weighted by molar-refractivity contribution is -0.135. The van der Waals surface area contributed by atoms with E-state index in [0.717, 1.165) is 6.07 Å². The molecule has 0 spiro atoms. The van der Waals surface area contributed by atoms with Gasteiger partial charge in [-0.25, -0.2) is 4.79 Å². The Balaban J connectivity index is 2.76. The third-order valence-electron chi connectivity index (χ3n) is 2.64. The second kappa shape index (κ2) is 6.36. The van der Waals surface area contributed by atoms with Crippen molar-refractivity contribution < 1.29 is 34.8 Å². The number of phenols is 2. The molecule has 7 nitrogen and oxygen atoms in total. The number of hydrogen-bond acceptors (Lipinski definition) is 7. The van der Waals surface area contributed by atoms with E-state index in [4.69, 9.17) is 5.11 Å². The molecule has 2 atom stereocenters. The van der Waals surface area contributed by atoms with Gasteiger partial charge < -0.3 is 25.2 Å². The number of benzene rings is 1. The van der Waals surface area contributed by atoms with Crippen LogP contribution in [0.4, 0.5) is 0 Å². The number of Topliss-reactive ketones (excluding diaryl/α,β-unsaturated/α-hetero) is 1. The Morgan fingerprint density at radius 1 is 1.25 bits per heavy atom. The van der Waals surface area contributed by atoms with Gasteiger partial charge in [0.2, 0.25) is 5.78 Å². The van der Waals surface area contributed by atoms with E-state index in [2.05, 4.69) is 4.74 Å². The van der Waals surface area contributed by atoms with Gasteiger partial charge in [0.1, 0.15) is 23.2 Å². The van der Waals surface area contributed by atoms with Crippen molar-refractivity contribution in [3.63, 3.8) is 0 Å². The molecule has 0 aliphatic rings. The zero-order chi connectivity index (χ0) is 15.4. The molecule has 7 heteroatoms. The summed E-state index contributed by atoms with van der Waals surface area (Å²) in [6, 6.07) is 2.22. The second-order valence-corrected chi connectivity index (χ2v) is 4.38. The van der Waals surface area contributed by atoms with Crippen LogP contribution in [-0.2, 0) is 9.53 Å². The smallest absolute Gasteiger partial charge is 0.342 e. The molecule has 0 radical (unpaired) electrons. The summed E-state index contributed by atoms with van der Waals surface area (Å²) in [7, 11) is 0. The first-order valence-corrected chi connectivity index (χ1v) is 5.82. The van der Waals surface area contributed by atoms with Crippen LogP contribution in [0.5, 0.6) is 11.5 Å². The standard InChI is InChI=1S/C13H16O7/c1-6-3-8(15)4-9(16)11(6)13(19)20-5-10(17)12(18)7(2)14/h3-4,7,12,14-16,18H,5H2,1-2H3/t7-,12+/m0/s1. The van der Waals surface area contributed by atoms with E-state index in [9.17, 15) is 24.9 Å². The number of aliphatic hydroxyl groups is 2. The minimum atomic E-state index is -1.64. The normalized spacial score (nSPS) is 13.6. The van der Waals surface area contributed by atoms with Crippen LogP contribution >= 0.6 is 0 Å². The van der Waals surface area contributed by atoms with Gasteiger partial charge in [0.15, 0.2) is 6.61 Å². The number of hydrogen-bond donors (Lipinski definition) is 4. The first-order valence-electron chi connectivity index (χ1n) is 5.82. The molecule has 0 amide bonds. The minimum Gasteiger partial charge on any atom is -0.508 e. The van der Waals surface area contributed by atoms with Gasteiger partial charge in [-0.3, -0.25) is 4.79 Å². The molecule has 20 heavy (non-hydrogen) atoms. The van der Waals surface area contributed by atoms with Gasteiger partial charge >= 0.3 is 5.97 Å². The number of carbonyl (C=O) groups excluding carboxylic acids is 2. The predicted octanol–water partition coefficient (Wildman–Crippen LogP) is -0.126. The van der Waals surface area contributed by atoms with Crippen molar-refractivity contribution in [1.82, 2.24) is 0 Å². The van der Waals surface area contributed by atoms with E-state index >= 15 is 0 Å². The zero-order valence-corrected chi connectivity index (χ0v) is 11.0. The van der Waals surface area contributed by atoms with Gasteiger partial charge in [0.25, 0.3) is 0 Å². The molecule has 110 valence electrons. The molecule has 0 unspecified atom stereocenters. The maximum absolute atomic E-state index is 11.7. The third-order valence-corrected chi connectivity index (χ3v) is 2.64. The number of rotatable bonds is 5. The average molecular weight is 284 g/mol. The molecule has 0 aliphatic heterocycles. The van der Waals surface area contributed by atoms with E-state index in [-0.39, 0.29) is 16.9 Å². The van der Waals surface area contributed by atoms with Gasteiger partial charge in [-0.1, -0.05) is 0 Å². The highest BCUT2D eigenvalue weighted by molar-refractivity contribution is 5.96. The molecule has 4 N–H and O–H groups in total. The van der Waals surface area contributed by atoms with E-state index in [1.807, 2.05) is 0 Å². The molecule has 0 saturated carbocycles. The first kappa shape index (κ1) is 15.9. The summed E-state index contributed by atoms with van der Waals surface area (Å²) in [5, 5.41) is 37.1. The van der Waals surface area contributed by atoms with Crippen LogP contribution in [0.15, 0.2) is 12.1 Å². The summed E-state index contributed by atoms with van der Waals surface area (Å²) in [5.74, 6) is -2.51. The van der Waals surface area contributed by atoms with Crippen LogP contribution < -0.4 is 0 Å². The van der Waals surface area contributed by atoms with Crippen LogP contribution in [-0.4, -0.2) is 51.0 Å². The van der Waals surface area contributed by atoms with Gasteiger partial charge in [-0.05, 0) is 25.5 Å². The number of esters is 1. The number of aliphatic hydroxyl groups excluding tert-OH is 2. The Bertz CT molecular complexity index is 498. The maximum Gasteiger partial charge on any atom is 0.342 e. The number of phenolic OH excluding ortho intramolecular Hbond substituents is 2. The van der Waals surface area contributed by atoms with E-state index < -0.39 is 36.3 Å². The molecule has 0 saturated heterocycles. The number of aromatic hydroxyl groups is 2. The highest BCUT2D eigenvalue weighted by Crippen LogP contribution is 2.27. The van der Waals surface area contributed by atoms with Gasteiger partial charge in [0, 0.05) is 6.07 Å². The highest BCUT2D eigenvalue weighted by atomic mass is 16.5. The van der Waals surface area contributed by atoms with E-state index in [1.165, 1.54) is 19.9 Å². The number of aryl methyl sites for hydroxylation is 1. The summed E-state index contributed by atoms with van der Waals surface area (Å²) in [6.45, 7) is 1.97. The molecule has 0 heterocycles. The average Bonchev–Trinajstić information content (AvgIpc) is 2.33. The Labute approximate surface area is 115 Å². The van der Waals surface area contributed by atoms with Crippen molar-refractivity contribution >= 4 is 11.8 Å². The van der Waals surface area contributed by atoms with Crippen LogP contribution in [0.2, 0.25) is 0 Å². The monoisotopic (exact) mass is 284 g/mol. The summed E-state index contributed by atoms with van der Waals surface area (Å²) in [6.07, 6.45) is -2.91. The molecule has 0 bridgehead atoms. The van der Waals surface area contributed by atoms with Gasteiger partial charge in [-0.15, -0.1) is 0 Å². The summed E-state index contributed by atoms with van der Waals surface area (Å²) < 4.78 is 4.66. The van der Waals surface area contributed by atoms with Crippen molar-refractivity contribution in [2.45, 2.75) is 26.1 Å². The van der Waals surface area contributed by atoms with E-state index in [1.54, 1.807) is 0 Å². The van der Waals surface area contributed by atoms with Crippen molar-refractivity contribution in [3.05, 3.63) is 23.3 Å².